The molecule has 1 aliphatic carbocycles. The Morgan fingerprint density at radius 3 is 2.64 bits per heavy atom. The number of aryl methyl sites for hydroxylation is 1. The van der Waals surface area contributed by atoms with Crippen LogP contribution in [0.4, 0.5) is 0 Å². The first-order valence-electron chi connectivity index (χ1n) is 7.61. The second kappa shape index (κ2) is 5.58. The molecular formula is C19H21NO2. The predicted molar refractivity (Wildman–Crippen MR) is 88.2 cm³/mol. The van der Waals surface area contributed by atoms with Crippen LogP contribution in [0.3, 0.4) is 0 Å². The first-order valence-corrected chi connectivity index (χ1v) is 7.61. The van der Waals surface area contributed by atoms with Crippen LogP contribution in [-0.4, -0.2) is 19.6 Å². The second-order valence-corrected chi connectivity index (χ2v) is 5.90. The molecule has 0 saturated carbocycles. The number of rotatable bonds is 3. The van der Waals surface area contributed by atoms with Crippen molar-refractivity contribution < 1.29 is 9.53 Å². The van der Waals surface area contributed by atoms with Crippen molar-refractivity contribution in [1.82, 2.24) is 0 Å². The number of hydrogen-bond acceptors (Lipinski definition) is 3. The summed E-state index contributed by atoms with van der Waals surface area (Å²) in [5.74, 6) is -0.0305. The smallest absolute Gasteiger partial charge is 0.337 e. The van der Waals surface area contributed by atoms with E-state index in [1.165, 1.54) is 40.5 Å². The average molecular weight is 295 g/mol. The molecule has 114 valence electrons. The van der Waals surface area contributed by atoms with Crippen LogP contribution in [0, 0.1) is 13.8 Å². The van der Waals surface area contributed by atoms with Crippen molar-refractivity contribution in [3.63, 3.8) is 0 Å². The number of nitrogens with two attached hydrogens (primary N) is 1. The molecule has 0 fully saturated rings. The van der Waals surface area contributed by atoms with Crippen LogP contribution >= 0.6 is 0 Å². The normalized spacial score (nSPS) is 15.4. The first-order chi connectivity index (χ1) is 10.6. The summed E-state index contributed by atoms with van der Waals surface area (Å²) in [5, 5.41) is 0. The molecule has 0 radical (unpaired) electrons. The number of methoxy groups -OCH3 is 1. The van der Waals surface area contributed by atoms with Crippen LogP contribution in [-0.2, 0) is 4.74 Å². The third kappa shape index (κ3) is 2.13. The lowest BCUT2D eigenvalue weighted by Crippen LogP contribution is -2.08. The number of carbonyl (C=O) groups is 1. The maximum absolute atomic E-state index is 11.8. The minimum atomic E-state index is -0.293. The fraction of sp³-hybridized carbons (Fsp3) is 0.316. The fourth-order valence-corrected chi connectivity index (χ4v) is 3.45. The number of ether oxygens (including phenoxy) is 1. The Hall–Kier alpha value is -2.13. The number of benzene rings is 2. The summed E-state index contributed by atoms with van der Waals surface area (Å²) >= 11 is 0. The minimum absolute atomic E-state index is 0.263. The molecule has 3 heteroatoms. The van der Waals surface area contributed by atoms with Crippen LogP contribution in [0.15, 0.2) is 30.3 Å². The van der Waals surface area contributed by atoms with Crippen LogP contribution < -0.4 is 5.73 Å². The Labute approximate surface area is 131 Å². The summed E-state index contributed by atoms with van der Waals surface area (Å²) in [6, 6.07) is 10.2. The molecule has 0 bridgehead atoms. The zero-order chi connectivity index (χ0) is 15.9. The van der Waals surface area contributed by atoms with Crippen molar-refractivity contribution in [1.29, 1.82) is 0 Å². The molecular weight excluding hydrogens is 274 g/mol. The van der Waals surface area contributed by atoms with E-state index in [9.17, 15) is 4.79 Å². The largest absolute Gasteiger partial charge is 0.465 e. The Bertz CT molecular complexity index is 749. The maximum atomic E-state index is 11.8. The van der Waals surface area contributed by atoms with E-state index >= 15 is 0 Å². The molecule has 22 heavy (non-hydrogen) atoms. The Balaban J connectivity index is 2.22. The summed E-state index contributed by atoms with van der Waals surface area (Å²) in [6.45, 7) is 4.92. The lowest BCUT2D eigenvalue weighted by Gasteiger charge is -2.13. The summed E-state index contributed by atoms with van der Waals surface area (Å²) in [6.07, 6.45) is 0.882. The van der Waals surface area contributed by atoms with Crippen molar-refractivity contribution in [3.05, 3.63) is 58.1 Å². The lowest BCUT2D eigenvalue weighted by molar-refractivity contribution is 0.0600. The van der Waals surface area contributed by atoms with Gasteiger partial charge in [-0.15, -0.1) is 0 Å². The highest BCUT2D eigenvalue weighted by molar-refractivity contribution is 5.92. The summed E-state index contributed by atoms with van der Waals surface area (Å²) < 4.78 is 4.85. The molecule has 0 spiro atoms. The monoisotopic (exact) mass is 295 g/mol. The third-order valence-corrected chi connectivity index (χ3v) is 4.72. The lowest BCUT2D eigenvalue weighted by atomic mass is 9.91. The number of carbonyl (C=O) groups excluding carboxylic acids is 1. The van der Waals surface area contributed by atoms with E-state index in [-0.39, 0.29) is 11.9 Å². The highest BCUT2D eigenvalue weighted by atomic mass is 16.5. The molecule has 0 heterocycles. The Kier molecular flexibility index (Phi) is 3.75. The maximum Gasteiger partial charge on any atom is 0.337 e. The van der Waals surface area contributed by atoms with Gasteiger partial charge in [0.05, 0.1) is 12.7 Å². The topological polar surface area (TPSA) is 52.3 Å². The summed E-state index contributed by atoms with van der Waals surface area (Å²) in [4.78, 5) is 11.8. The highest BCUT2D eigenvalue weighted by Crippen LogP contribution is 2.48. The molecule has 1 unspecified atom stereocenters. The molecule has 2 N–H and O–H groups in total. The van der Waals surface area contributed by atoms with Gasteiger partial charge in [0.15, 0.2) is 0 Å². The zero-order valence-electron chi connectivity index (χ0n) is 13.3. The van der Waals surface area contributed by atoms with Crippen LogP contribution in [0.2, 0.25) is 0 Å². The van der Waals surface area contributed by atoms with Gasteiger partial charge in [0.1, 0.15) is 0 Å². The van der Waals surface area contributed by atoms with Crippen molar-refractivity contribution in [2.45, 2.75) is 26.2 Å². The van der Waals surface area contributed by atoms with E-state index in [0.29, 0.717) is 12.1 Å². The van der Waals surface area contributed by atoms with Gasteiger partial charge in [-0.3, -0.25) is 0 Å². The molecule has 3 rings (SSSR count). The van der Waals surface area contributed by atoms with Crippen LogP contribution in [0.5, 0.6) is 0 Å². The second-order valence-electron chi connectivity index (χ2n) is 5.90. The summed E-state index contributed by atoms with van der Waals surface area (Å²) in [7, 11) is 1.41. The third-order valence-electron chi connectivity index (χ3n) is 4.72. The van der Waals surface area contributed by atoms with E-state index in [0.717, 1.165) is 6.42 Å². The molecule has 0 aliphatic heterocycles. The van der Waals surface area contributed by atoms with E-state index in [4.69, 9.17) is 10.5 Å². The highest BCUT2D eigenvalue weighted by Gasteiger charge is 2.30. The van der Waals surface area contributed by atoms with E-state index in [2.05, 4.69) is 26.0 Å². The van der Waals surface area contributed by atoms with Gasteiger partial charge in [-0.25, -0.2) is 4.79 Å². The molecule has 0 aromatic heterocycles. The van der Waals surface area contributed by atoms with Gasteiger partial charge in [0.2, 0.25) is 0 Å². The molecule has 0 amide bonds. The van der Waals surface area contributed by atoms with E-state index < -0.39 is 0 Å². The number of fused-ring (bicyclic) bond motifs is 3. The number of esters is 1. The Morgan fingerprint density at radius 2 is 1.95 bits per heavy atom. The van der Waals surface area contributed by atoms with Gasteiger partial charge in [0.25, 0.3) is 0 Å². The quantitative estimate of drug-likeness (QED) is 0.881. The van der Waals surface area contributed by atoms with Gasteiger partial charge in [-0.05, 0) is 72.3 Å². The van der Waals surface area contributed by atoms with Crippen LogP contribution in [0.1, 0.15) is 45.0 Å². The first kappa shape index (κ1) is 14.8. The predicted octanol–water partition coefficient (Wildman–Crippen LogP) is 3.55. The Morgan fingerprint density at radius 1 is 1.18 bits per heavy atom. The SMILES string of the molecule is COC(=O)c1ccc2c(c1)C(CCN)c1ccc(C)c(C)c1-2. The van der Waals surface area contributed by atoms with Gasteiger partial charge < -0.3 is 10.5 Å². The van der Waals surface area contributed by atoms with Crippen molar-refractivity contribution in [3.8, 4) is 11.1 Å². The number of hydrogen-bond donors (Lipinski definition) is 1. The molecule has 1 atom stereocenters. The molecule has 1 aliphatic rings. The molecule has 3 nitrogen and oxygen atoms in total. The molecule has 2 aromatic rings. The van der Waals surface area contributed by atoms with E-state index in [1.54, 1.807) is 0 Å². The minimum Gasteiger partial charge on any atom is -0.465 e. The van der Waals surface area contributed by atoms with Gasteiger partial charge in [-0.1, -0.05) is 18.2 Å². The van der Waals surface area contributed by atoms with Crippen molar-refractivity contribution >= 4 is 5.97 Å². The molecule has 0 saturated heterocycles. The van der Waals surface area contributed by atoms with E-state index in [1.807, 2.05) is 18.2 Å². The summed E-state index contributed by atoms with van der Waals surface area (Å²) in [5.41, 5.74) is 14.1. The van der Waals surface area contributed by atoms with Gasteiger partial charge in [-0.2, -0.15) is 0 Å². The van der Waals surface area contributed by atoms with Crippen molar-refractivity contribution in [2.24, 2.45) is 5.73 Å². The van der Waals surface area contributed by atoms with Gasteiger partial charge in [0, 0.05) is 5.92 Å². The van der Waals surface area contributed by atoms with Crippen LogP contribution in [0.25, 0.3) is 11.1 Å². The van der Waals surface area contributed by atoms with Crippen molar-refractivity contribution in [2.75, 3.05) is 13.7 Å². The average Bonchev–Trinajstić information content (AvgIpc) is 2.84. The fourth-order valence-electron chi connectivity index (χ4n) is 3.45. The standard InChI is InChI=1S/C19H21NO2/c1-11-4-6-15-14(8-9-20)17-10-13(19(21)22-3)5-7-16(17)18(15)12(11)2/h4-7,10,14H,8-9,20H2,1-3H3. The van der Waals surface area contributed by atoms with Gasteiger partial charge >= 0.3 is 5.97 Å². The zero-order valence-corrected chi connectivity index (χ0v) is 13.3. The molecule has 2 aromatic carbocycles.